The third-order valence-corrected chi connectivity index (χ3v) is 3.40. The van der Waals surface area contributed by atoms with Crippen LogP contribution in [-0.4, -0.2) is 39.2 Å². The van der Waals surface area contributed by atoms with Crippen molar-refractivity contribution in [2.24, 2.45) is 0 Å². The quantitative estimate of drug-likeness (QED) is 0.729. The van der Waals surface area contributed by atoms with E-state index in [1.54, 1.807) is 7.11 Å². The number of benzene rings is 1. The van der Waals surface area contributed by atoms with Crippen molar-refractivity contribution in [1.82, 2.24) is 5.32 Å². The molecular weight excluding hydrogens is 240 g/mol. The third kappa shape index (κ3) is 4.91. The summed E-state index contributed by atoms with van der Waals surface area (Å²) >= 11 is 0. The van der Waals surface area contributed by atoms with Crippen LogP contribution in [0.5, 0.6) is 5.75 Å². The number of rotatable bonds is 7. The average Bonchev–Trinajstić information content (AvgIpc) is 3.20. The fraction of sp³-hybridized carbons (Fsp3) is 0.533. The highest BCUT2D eigenvalue weighted by Crippen LogP contribution is 2.18. The van der Waals surface area contributed by atoms with Crippen LogP contribution in [0.15, 0.2) is 24.3 Å². The van der Waals surface area contributed by atoms with Crippen molar-refractivity contribution in [2.45, 2.75) is 25.3 Å². The molecule has 19 heavy (non-hydrogen) atoms. The van der Waals surface area contributed by atoms with Crippen LogP contribution in [0.3, 0.4) is 0 Å². The number of methoxy groups -OCH3 is 1. The molecule has 1 aliphatic carbocycles. The number of amides is 1. The molecule has 1 saturated carbocycles. The highest BCUT2D eigenvalue weighted by molar-refractivity contribution is 5.77. The molecule has 2 rings (SSSR count). The van der Waals surface area contributed by atoms with Crippen molar-refractivity contribution >= 4 is 5.91 Å². The Balaban J connectivity index is 1.69. The summed E-state index contributed by atoms with van der Waals surface area (Å²) in [7, 11) is 3.74. The molecule has 0 spiro atoms. The van der Waals surface area contributed by atoms with Crippen molar-refractivity contribution in [3.8, 4) is 5.75 Å². The van der Waals surface area contributed by atoms with Crippen LogP contribution in [0.2, 0.25) is 0 Å². The van der Waals surface area contributed by atoms with Crippen molar-refractivity contribution in [1.29, 1.82) is 0 Å². The molecule has 1 unspecified atom stereocenters. The van der Waals surface area contributed by atoms with E-state index in [0.29, 0.717) is 12.6 Å². The highest BCUT2D eigenvalue weighted by atomic mass is 16.5. The first-order valence-electron chi connectivity index (χ1n) is 6.91. The predicted octanol–water partition coefficient (Wildman–Crippen LogP) is 0.0310. The molecule has 0 aromatic heterocycles. The Hall–Kier alpha value is -1.55. The van der Waals surface area contributed by atoms with Gasteiger partial charge in [0.2, 0.25) is 0 Å². The molecule has 4 nitrogen and oxygen atoms in total. The van der Waals surface area contributed by atoms with Gasteiger partial charge in [0.25, 0.3) is 5.91 Å². The topological polar surface area (TPSA) is 42.8 Å². The number of nitrogens with one attached hydrogen (secondary N) is 2. The Bertz CT molecular complexity index is 413. The molecular formula is C15H23N2O2+. The normalized spacial score (nSPS) is 15.9. The predicted molar refractivity (Wildman–Crippen MR) is 74.5 cm³/mol. The van der Waals surface area contributed by atoms with Gasteiger partial charge in [0, 0.05) is 12.5 Å². The molecule has 1 aromatic carbocycles. The molecule has 1 aromatic rings. The second kappa shape index (κ2) is 6.57. The minimum absolute atomic E-state index is 0.176. The average molecular weight is 263 g/mol. The van der Waals surface area contributed by atoms with Crippen molar-refractivity contribution in [3.05, 3.63) is 29.8 Å². The minimum Gasteiger partial charge on any atom is -0.497 e. The Kier molecular flexibility index (Phi) is 4.80. The maximum Gasteiger partial charge on any atom is 0.275 e. The first kappa shape index (κ1) is 13.9. The Morgan fingerprint density at radius 2 is 2.05 bits per heavy atom. The molecule has 4 heteroatoms. The lowest BCUT2D eigenvalue weighted by molar-refractivity contribution is -0.871. The standard InChI is InChI=1S/C15H22N2O2/c1-17(11-15(18)16-13-5-6-13)10-9-12-3-7-14(19-2)8-4-12/h3-4,7-8,13H,5-6,9-11H2,1-2H3,(H,16,18)/p+1. The lowest BCUT2D eigenvalue weighted by Crippen LogP contribution is -3.10. The molecule has 0 saturated heterocycles. The number of hydrogen-bond acceptors (Lipinski definition) is 2. The number of hydrogen-bond donors (Lipinski definition) is 2. The summed E-state index contributed by atoms with van der Waals surface area (Å²) in [5, 5.41) is 3.02. The number of ether oxygens (including phenoxy) is 1. The van der Waals surface area contributed by atoms with E-state index in [1.807, 2.05) is 12.1 Å². The van der Waals surface area contributed by atoms with E-state index in [2.05, 4.69) is 24.5 Å². The van der Waals surface area contributed by atoms with Crippen molar-refractivity contribution < 1.29 is 14.4 Å². The highest BCUT2D eigenvalue weighted by Gasteiger charge is 2.24. The molecule has 0 heterocycles. The Labute approximate surface area is 114 Å². The van der Waals surface area contributed by atoms with Crippen molar-refractivity contribution in [3.63, 3.8) is 0 Å². The smallest absolute Gasteiger partial charge is 0.275 e. The summed E-state index contributed by atoms with van der Waals surface area (Å²) in [6.07, 6.45) is 3.28. The zero-order chi connectivity index (χ0) is 13.7. The minimum atomic E-state index is 0.176. The van der Waals surface area contributed by atoms with Gasteiger partial charge in [-0.3, -0.25) is 4.79 Å². The van der Waals surface area contributed by atoms with Gasteiger partial charge < -0.3 is 15.0 Å². The van der Waals surface area contributed by atoms with Gasteiger partial charge in [-0.1, -0.05) is 12.1 Å². The fourth-order valence-electron chi connectivity index (χ4n) is 2.02. The van der Waals surface area contributed by atoms with E-state index >= 15 is 0 Å². The number of likely N-dealkylation sites (N-methyl/N-ethyl adjacent to an activating group) is 1. The van der Waals surface area contributed by atoms with E-state index in [-0.39, 0.29) is 5.91 Å². The van der Waals surface area contributed by atoms with Gasteiger partial charge in [0.1, 0.15) is 5.75 Å². The number of carbonyl (C=O) groups is 1. The lowest BCUT2D eigenvalue weighted by atomic mass is 10.1. The van der Waals surface area contributed by atoms with Gasteiger partial charge in [-0.2, -0.15) is 0 Å². The maximum absolute atomic E-state index is 11.7. The van der Waals surface area contributed by atoms with E-state index in [4.69, 9.17) is 4.74 Å². The van der Waals surface area contributed by atoms with E-state index in [0.717, 1.165) is 31.6 Å². The van der Waals surface area contributed by atoms with Crippen LogP contribution < -0.4 is 15.0 Å². The second-order valence-corrected chi connectivity index (χ2v) is 5.32. The Morgan fingerprint density at radius 3 is 2.63 bits per heavy atom. The summed E-state index contributed by atoms with van der Waals surface area (Å²) in [5.74, 6) is 1.06. The SMILES string of the molecule is COc1ccc(CC[NH+](C)CC(=O)NC2CC2)cc1. The summed E-state index contributed by atoms with van der Waals surface area (Å²) in [6, 6.07) is 8.57. The van der Waals surface area contributed by atoms with Crippen molar-refractivity contribution in [2.75, 3.05) is 27.2 Å². The first-order valence-corrected chi connectivity index (χ1v) is 6.91. The van der Waals surface area contributed by atoms with E-state index in [1.165, 1.54) is 10.5 Å². The van der Waals surface area contributed by atoms with Gasteiger partial charge in [-0.25, -0.2) is 0 Å². The molecule has 1 aliphatic rings. The van der Waals surface area contributed by atoms with Gasteiger partial charge >= 0.3 is 0 Å². The van der Waals surface area contributed by atoms with Crippen LogP contribution in [0.4, 0.5) is 0 Å². The summed E-state index contributed by atoms with van der Waals surface area (Å²) in [4.78, 5) is 12.9. The number of carbonyl (C=O) groups excluding carboxylic acids is 1. The lowest BCUT2D eigenvalue weighted by Gasteiger charge is -2.13. The maximum atomic E-state index is 11.7. The molecule has 0 aliphatic heterocycles. The van der Waals surface area contributed by atoms with Crippen LogP contribution in [0.25, 0.3) is 0 Å². The molecule has 1 fully saturated rings. The van der Waals surface area contributed by atoms with Gasteiger partial charge in [0.05, 0.1) is 20.7 Å². The summed E-state index contributed by atoms with van der Waals surface area (Å²) in [5.41, 5.74) is 1.28. The first-order chi connectivity index (χ1) is 9.17. The van der Waals surface area contributed by atoms with Gasteiger partial charge in [-0.15, -0.1) is 0 Å². The Morgan fingerprint density at radius 1 is 1.37 bits per heavy atom. The monoisotopic (exact) mass is 263 g/mol. The second-order valence-electron chi connectivity index (χ2n) is 5.32. The molecule has 104 valence electrons. The zero-order valence-electron chi connectivity index (χ0n) is 11.7. The van der Waals surface area contributed by atoms with E-state index < -0.39 is 0 Å². The summed E-state index contributed by atoms with van der Waals surface area (Å²) in [6.45, 7) is 1.52. The van der Waals surface area contributed by atoms with Gasteiger partial charge in [0.15, 0.2) is 6.54 Å². The largest absolute Gasteiger partial charge is 0.497 e. The van der Waals surface area contributed by atoms with Crippen LogP contribution in [-0.2, 0) is 11.2 Å². The van der Waals surface area contributed by atoms with Crippen LogP contribution >= 0.6 is 0 Å². The summed E-state index contributed by atoms with van der Waals surface area (Å²) < 4.78 is 5.13. The van der Waals surface area contributed by atoms with Crippen LogP contribution in [0.1, 0.15) is 18.4 Å². The fourth-order valence-corrected chi connectivity index (χ4v) is 2.02. The molecule has 0 bridgehead atoms. The molecule has 1 atom stereocenters. The van der Waals surface area contributed by atoms with Gasteiger partial charge in [-0.05, 0) is 30.5 Å². The molecule has 1 amide bonds. The molecule has 0 radical (unpaired) electrons. The van der Waals surface area contributed by atoms with Crippen LogP contribution in [0, 0.1) is 0 Å². The van der Waals surface area contributed by atoms with E-state index in [9.17, 15) is 4.79 Å². The zero-order valence-corrected chi connectivity index (χ0v) is 11.7. The number of quaternary nitrogens is 1. The molecule has 2 N–H and O–H groups in total. The third-order valence-electron chi connectivity index (χ3n) is 3.40.